The molecule has 2 N–H and O–H groups in total. The van der Waals surface area contributed by atoms with E-state index in [-0.39, 0.29) is 6.03 Å². The third-order valence-corrected chi connectivity index (χ3v) is 4.67. The van der Waals surface area contributed by atoms with Crippen molar-refractivity contribution in [3.8, 4) is 0 Å². The average Bonchev–Trinajstić information content (AvgIpc) is 2.61. The number of benzene rings is 1. The molecular formula is C17H22N4O2S. The largest absolute Gasteiger partial charge is 0.363 e. The van der Waals surface area contributed by atoms with Crippen LogP contribution >= 0.6 is 0 Å². The van der Waals surface area contributed by atoms with Crippen LogP contribution < -0.4 is 15.5 Å². The first-order valence-electron chi connectivity index (χ1n) is 7.63. The molecule has 7 heteroatoms. The number of amides is 2. The molecule has 0 unspecified atom stereocenters. The first-order valence-corrected chi connectivity index (χ1v) is 8.95. The number of carbonyl (C=O) groups excluding carboxylic acids is 1. The maximum atomic E-state index is 12.0. The second-order valence-corrected chi connectivity index (χ2v) is 6.96. The second kappa shape index (κ2) is 9.02. The SMILES string of the molecule is CN(C)c1ccc(CNC(=O)NCC[S@@](=O)c2ccccc2)cn1. The van der Waals surface area contributed by atoms with E-state index in [2.05, 4.69) is 15.6 Å². The second-order valence-electron chi connectivity index (χ2n) is 5.39. The number of carbonyl (C=O) groups is 1. The van der Waals surface area contributed by atoms with Crippen molar-refractivity contribution in [2.24, 2.45) is 0 Å². The Balaban J connectivity index is 1.69. The molecule has 1 aromatic carbocycles. The van der Waals surface area contributed by atoms with Crippen molar-refractivity contribution < 1.29 is 9.00 Å². The Kier molecular flexibility index (Phi) is 6.74. The van der Waals surface area contributed by atoms with Gasteiger partial charge in [0.05, 0.1) is 10.8 Å². The zero-order valence-electron chi connectivity index (χ0n) is 13.9. The van der Waals surface area contributed by atoms with E-state index in [1.807, 2.05) is 61.5 Å². The summed E-state index contributed by atoms with van der Waals surface area (Å²) in [6.45, 7) is 0.749. The van der Waals surface area contributed by atoms with Gasteiger partial charge in [0.15, 0.2) is 0 Å². The molecule has 128 valence electrons. The molecule has 0 aliphatic rings. The smallest absolute Gasteiger partial charge is 0.315 e. The lowest BCUT2D eigenvalue weighted by atomic mass is 10.3. The first kappa shape index (κ1) is 17.9. The zero-order chi connectivity index (χ0) is 17.4. The number of hydrogen-bond acceptors (Lipinski definition) is 4. The number of rotatable bonds is 7. The molecule has 1 aromatic heterocycles. The van der Waals surface area contributed by atoms with Gasteiger partial charge in [0.2, 0.25) is 0 Å². The number of urea groups is 1. The molecule has 0 spiro atoms. The third-order valence-electron chi connectivity index (χ3n) is 3.30. The van der Waals surface area contributed by atoms with Crippen LogP contribution in [0.25, 0.3) is 0 Å². The van der Waals surface area contributed by atoms with Crippen molar-refractivity contribution in [2.75, 3.05) is 31.3 Å². The maximum absolute atomic E-state index is 12.0. The molecular weight excluding hydrogens is 324 g/mol. The van der Waals surface area contributed by atoms with Gasteiger partial charge in [0.25, 0.3) is 0 Å². The van der Waals surface area contributed by atoms with Gasteiger partial charge in [-0.15, -0.1) is 0 Å². The lowest BCUT2D eigenvalue weighted by Crippen LogP contribution is -2.37. The summed E-state index contributed by atoms with van der Waals surface area (Å²) in [5, 5.41) is 5.47. The summed E-state index contributed by atoms with van der Waals surface area (Å²) in [5.41, 5.74) is 0.920. The van der Waals surface area contributed by atoms with Crippen molar-refractivity contribution in [2.45, 2.75) is 11.4 Å². The minimum Gasteiger partial charge on any atom is -0.363 e. The quantitative estimate of drug-likeness (QED) is 0.801. The summed E-state index contributed by atoms with van der Waals surface area (Å²) in [4.78, 5) is 18.7. The number of nitrogens with one attached hydrogen (secondary N) is 2. The summed E-state index contributed by atoms with van der Waals surface area (Å²) in [7, 11) is 2.74. The summed E-state index contributed by atoms with van der Waals surface area (Å²) in [5.74, 6) is 1.25. The Hall–Kier alpha value is -2.41. The lowest BCUT2D eigenvalue weighted by molar-refractivity contribution is 0.241. The summed E-state index contributed by atoms with van der Waals surface area (Å²) in [6.07, 6.45) is 1.74. The molecule has 2 amide bonds. The van der Waals surface area contributed by atoms with Gasteiger partial charge >= 0.3 is 6.03 Å². The standard InChI is InChI=1S/C17H22N4O2S/c1-21(2)16-9-8-14(12-19-16)13-20-17(22)18-10-11-24(23)15-6-4-3-5-7-15/h3-9,12H,10-11,13H2,1-2H3,(H2,18,20,22)/t24-/m1/s1. The van der Waals surface area contributed by atoms with Crippen LogP contribution in [0, 0.1) is 0 Å². The molecule has 0 aliphatic heterocycles. The molecule has 0 saturated carbocycles. The highest BCUT2D eigenvalue weighted by molar-refractivity contribution is 7.85. The van der Waals surface area contributed by atoms with Gasteiger partial charge in [-0.2, -0.15) is 0 Å². The molecule has 1 atom stereocenters. The van der Waals surface area contributed by atoms with Crippen molar-refractivity contribution in [1.82, 2.24) is 15.6 Å². The Bertz CT molecular complexity index is 675. The van der Waals surface area contributed by atoms with Crippen LogP contribution in [0.1, 0.15) is 5.56 Å². The fraction of sp³-hybridized carbons (Fsp3) is 0.294. The number of nitrogens with zero attached hydrogens (tertiary/aromatic N) is 2. The van der Waals surface area contributed by atoms with Crippen LogP contribution in [-0.4, -0.2) is 41.6 Å². The Morgan fingerprint density at radius 1 is 1.12 bits per heavy atom. The van der Waals surface area contributed by atoms with E-state index in [0.29, 0.717) is 18.8 Å². The Morgan fingerprint density at radius 3 is 2.50 bits per heavy atom. The lowest BCUT2D eigenvalue weighted by Gasteiger charge is -2.12. The van der Waals surface area contributed by atoms with Crippen LogP contribution in [0.15, 0.2) is 53.6 Å². The van der Waals surface area contributed by atoms with E-state index in [0.717, 1.165) is 16.3 Å². The average molecular weight is 346 g/mol. The predicted octanol–water partition coefficient (Wildman–Crippen LogP) is 1.75. The van der Waals surface area contributed by atoms with Crippen LogP contribution in [-0.2, 0) is 17.3 Å². The van der Waals surface area contributed by atoms with E-state index < -0.39 is 10.8 Å². The van der Waals surface area contributed by atoms with Gasteiger partial charge in [-0.1, -0.05) is 24.3 Å². The van der Waals surface area contributed by atoms with E-state index >= 15 is 0 Å². The van der Waals surface area contributed by atoms with Crippen LogP contribution in [0.4, 0.5) is 10.6 Å². The zero-order valence-corrected chi connectivity index (χ0v) is 14.7. The van der Waals surface area contributed by atoms with E-state index in [9.17, 15) is 9.00 Å². The first-order chi connectivity index (χ1) is 11.6. The topological polar surface area (TPSA) is 74.3 Å². The normalized spacial score (nSPS) is 11.6. The molecule has 0 bridgehead atoms. The predicted molar refractivity (Wildman–Crippen MR) is 96.5 cm³/mol. The van der Waals surface area contributed by atoms with Gasteiger partial charge in [-0.05, 0) is 23.8 Å². The Morgan fingerprint density at radius 2 is 1.88 bits per heavy atom. The minimum absolute atomic E-state index is 0.281. The Labute approximate surface area is 144 Å². The maximum Gasteiger partial charge on any atom is 0.315 e. The molecule has 6 nitrogen and oxygen atoms in total. The van der Waals surface area contributed by atoms with E-state index in [4.69, 9.17) is 0 Å². The monoisotopic (exact) mass is 346 g/mol. The minimum atomic E-state index is -1.10. The van der Waals surface area contributed by atoms with E-state index in [1.165, 1.54) is 0 Å². The third kappa shape index (κ3) is 5.66. The molecule has 0 radical (unpaired) electrons. The molecule has 2 rings (SSSR count). The van der Waals surface area contributed by atoms with Gasteiger partial charge < -0.3 is 15.5 Å². The molecule has 0 aliphatic carbocycles. The van der Waals surface area contributed by atoms with Crippen LogP contribution in [0.2, 0.25) is 0 Å². The molecule has 24 heavy (non-hydrogen) atoms. The van der Waals surface area contributed by atoms with Crippen molar-refractivity contribution in [1.29, 1.82) is 0 Å². The highest BCUT2D eigenvalue weighted by Crippen LogP contribution is 2.07. The summed E-state index contributed by atoms with van der Waals surface area (Å²) >= 11 is 0. The number of aromatic nitrogens is 1. The fourth-order valence-corrected chi connectivity index (χ4v) is 2.96. The molecule has 0 fully saturated rings. The van der Waals surface area contributed by atoms with Crippen LogP contribution in [0.5, 0.6) is 0 Å². The number of anilines is 1. The van der Waals surface area contributed by atoms with E-state index in [1.54, 1.807) is 6.20 Å². The highest BCUT2D eigenvalue weighted by atomic mass is 32.2. The van der Waals surface area contributed by atoms with Gasteiger partial charge in [0, 0.05) is 44.0 Å². The summed E-state index contributed by atoms with van der Waals surface area (Å²) in [6, 6.07) is 12.8. The van der Waals surface area contributed by atoms with Gasteiger partial charge in [0.1, 0.15) is 5.82 Å². The van der Waals surface area contributed by atoms with Crippen LogP contribution in [0.3, 0.4) is 0 Å². The number of pyridine rings is 1. The molecule has 1 heterocycles. The number of hydrogen-bond donors (Lipinski definition) is 2. The van der Waals surface area contributed by atoms with Crippen molar-refractivity contribution >= 4 is 22.6 Å². The fourth-order valence-electron chi connectivity index (χ4n) is 1.98. The van der Waals surface area contributed by atoms with Gasteiger partial charge in [-0.3, -0.25) is 4.21 Å². The summed E-state index contributed by atoms with van der Waals surface area (Å²) < 4.78 is 12.0. The van der Waals surface area contributed by atoms with Crippen molar-refractivity contribution in [3.05, 3.63) is 54.2 Å². The molecule has 0 saturated heterocycles. The van der Waals surface area contributed by atoms with Gasteiger partial charge in [-0.25, -0.2) is 9.78 Å². The van der Waals surface area contributed by atoms with Crippen molar-refractivity contribution in [3.63, 3.8) is 0 Å². The molecule has 2 aromatic rings. The highest BCUT2D eigenvalue weighted by Gasteiger charge is 2.05.